The van der Waals surface area contributed by atoms with Crippen molar-refractivity contribution in [1.82, 2.24) is 19.4 Å². The van der Waals surface area contributed by atoms with Crippen molar-refractivity contribution in [2.75, 3.05) is 19.7 Å². The highest BCUT2D eigenvalue weighted by Crippen LogP contribution is 2.26. The Morgan fingerprint density at radius 1 is 1.26 bits per heavy atom. The van der Waals surface area contributed by atoms with Gasteiger partial charge in [-0.1, -0.05) is 18.2 Å². The minimum Gasteiger partial charge on any atom is -0.484 e. The molecule has 140 valence electrons. The van der Waals surface area contributed by atoms with Crippen LogP contribution in [0.4, 0.5) is 0 Å². The Balaban J connectivity index is 1.38. The highest BCUT2D eigenvalue weighted by Gasteiger charge is 2.27. The van der Waals surface area contributed by atoms with E-state index in [1.807, 2.05) is 53.1 Å². The maximum absolute atomic E-state index is 12.6. The Bertz CT molecular complexity index is 863. The first-order valence-electron chi connectivity index (χ1n) is 9.13. The molecule has 27 heavy (non-hydrogen) atoms. The first kappa shape index (κ1) is 17.7. The van der Waals surface area contributed by atoms with Gasteiger partial charge in [0.05, 0.1) is 17.7 Å². The van der Waals surface area contributed by atoms with Crippen LogP contribution in [0.1, 0.15) is 30.3 Å². The van der Waals surface area contributed by atoms with E-state index in [-0.39, 0.29) is 18.4 Å². The molecule has 7 heteroatoms. The van der Waals surface area contributed by atoms with Crippen LogP contribution in [0.2, 0.25) is 0 Å². The molecule has 1 aliphatic heterocycles. The van der Waals surface area contributed by atoms with Crippen LogP contribution >= 0.6 is 11.3 Å². The van der Waals surface area contributed by atoms with Crippen molar-refractivity contribution in [3.05, 3.63) is 65.1 Å². The number of rotatable bonds is 6. The molecule has 3 aromatic rings. The van der Waals surface area contributed by atoms with Crippen molar-refractivity contribution in [2.24, 2.45) is 0 Å². The molecule has 1 fully saturated rings. The Morgan fingerprint density at radius 2 is 2.15 bits per heavy atom. The number of benzene rings is 1. The largest absolute Gasteiger partial charge is 0.484 e. The predicted octanol–water partition coefficient (Wildman–Crippen LogP) is 3.17. The summed E-state index contributed by atoms with van der Waals surface area (Å²) in [7, 11) is 0. The SMILES string of the molecule is O=C(COc1ccccc1)N1CCC[C@H](c2nccn2Cc2cscn2)C1. The summed E-state index contributed by atoms with van der Waals surface area (Å²) in [6.45, 7) is 2.26. The van der Waals surface area contributed by atoms with E-state index in [4.69, 9.17) is 4.74 Å². The average molecular weight is 382 g/mol. The van der Waals surface area contributed by atoms with Crippen LogP contribution in [0.15, 0.2) is 53.6 Å². The maximum atomic E-state index is 12.6. The zero-order chi connectivity index (χ0) is 18.5. The standard InChI is InChI=1S/C20H22N4O2S/c25-19(13-26-18-6-2-1-3-7-18)23-9-4-5-16(11-23)20-21-8-10-24(20)12-17-14-27-15-22-17/h1-3,6-8,10,14-16H,4-5,9,11-13H2/t16-/m0/s1. The van der Waals surface area contributed by atoms with E-state index in [0.717, 1.165) is 43.2 Å². The molecule has 0 N–H and O–H groups in total. The lowest BCUT2D eigenvalue weighted by atomic mass is 9.97. The Morgan fingerprint density at radius 3 is 2.96 bits per heavy atom. The smallest absolute Gasteiger partial charge is 0.260 e. The minimum atomic E-state index is 0.0289. The Labute approximate surface area is 162 Å². The number of imidazole rings is 1. The third-order valence-electron chi connectivity index (χ3n) is 4.81. The van der Waals surface area contributed by atoms with Gasteiger partial charge in [-0.15, -0.1) is 11.3 Å². The number of hydrogen-bond donors (Lipinski definition) is 0. The van der Waals surface area contributed by atoms with E-state index in [1.54, 1.807) is 11.3 Å². The van der Waals surface area contributed by atoms with Crippen LogP contribution in [0.5, 0.6) is 5.75 Å². The normalized spacial score (nSPS) is 17.0. The number of amides is 1. The second-order valence-electron chi connectivity index (χ2n) is 6.67. The van der Waals surface area contributed by atoms with Gasteiger partial charge in [0, 0.05) is 36.8 Å². The number of ether oxygens (including phenoxy) is 1. The third kappa shape index (κ3) is 4.36. The topological polar surface area (TPSA) is 60.2 Å². The van der Waals surface area contributed by atoms with Gasteiger partial charge in [0.25, 0.3) is 5.91 Å². The van der Waals surface area contributed by atoms with Crippen molar-refractivity contribution < 1.29 is 9.53 Å². The number of hydrogen-bond acceptors (Lipinski definition) is 5. The van der Waals surface area contributed by atoms with Gasteiger partial charge in [0.2, 0.25) is 0 Å². The number of likely N-dealkylation sites (tertiary alicyclic amines) is 1. The molecule has 1 aliphatic rings. The van der Waals surface area contributed by atoms with Crippen LogP contribution in [-0.2, 0) is 11.3 Å². The number of nitrogens with zero attached hydrogens (tertiary/aromatic N) is 4. The lowest BCUT2D eigenvalue weighted by Gasteiger charge is -2.32. The molecule has 1 amide bonds. The lowest BCUT2D eigenvalue weighted by Crippen LogP contribution is -2.42. The molecule has 6 nitrogen and oxygen atoms in total. The molecule has 3 heterocycles. The van der Waals surface area contributed by atoms with Gasteiger partial charge in [0.1, 0.15) is 11.6 Å². The van der Waals surface area contributed by atoms with Crippen LogP contribution < -0.4 is 4.74 Å². The molecule has 0 spiro atoms. The molecule has 2 aromatic heterocycles. The fraction of sp³-hybridized carbons (Fsp3) is 0.350. The molecule has 0 aliphatic carbocycles. The quantitative estimate of drug-likeness (QED) is 0.657. The number of aromatic nitrogens is 3. The highest BCUT2D eigenvalue weighted by molar-refractivity contribution is 7.07. The monoisotopic (exact) mass is 382 g/mol. The Hall–Kier alpha value is -2.67. The van der Waals surface area contributed by atoms with Crippen molar-refractivity contribution in [2.45, 2.75) is 25.3 Å². The van der Waals surface area contributed by atoms with Crippen LogP contribution in [0.3, 0.4) is 0 Å². The minimum absolute atomic E-state index is 0.0289. The van der Waals surface area contributed by atoms with Crippen molar-refractivity contribution in [3.8, 4) is 5.75 Å². The summed E-state index contributed by atoms with van der Waals surface area (Å²) in [6, 6.07) is 9.46. The van der Waals surface area contributed by atoms with Gasteiger partial charge < -0.3 is 14.2 Å². The summed E-state index contributed by atoms with van der Waals surface area (Å²) >= 11 is 1.60. The number of piperidine rings is 1. The zero-order valence-electron chi connectivity index (χ0n) is 15.0. The summed E-state index contributed by atoms with van der Waals surface area (Å²) in [5.74, 6) is 2.02. The molecule has 0 saturated carbocycles. The summed E-state index contributed by atoms with van der Waals surface area (Å²) in [5.41, 5.74) is 2.89. The van der Waals surface area contributed by atoms with E-state index < -0.39 is 0 Å². The molecule has 4 rings (SSSR count). The lowest BCUT2D eigenvalue weighted by molar-refractivity contribution is -0.134. The van der Waals surface area contributed by atoms with Gasteiger partial charge in [-0.2, -0.15) is 0 Å². The van der Waals surface area contributed by atoms with E-state index in [0.29, 0.717) is 6.54 Å². The van der Waals surface area contributed by atoms with E-state index >= 15 is 0 Å². The molecule has 1 saturated heterocycles. The number of carbonyl (C=O) groups excluding carboxylic acids is 1. The summed E-state index contributed by atoms with van der Waals surface area (Å²) < 4.78 is 7.77. The zero-order valence-corrected chi connectivity index (χ0v) is 15.8. The molecule has 0 radical (unpaired) electrons. The fourth-order valence-electron chi connectivity index (χ4n) is 3.47. The first-order valence-corrected chi connectivity index (χ1v) is 10.1. The second-order valence-corrected chi connectivity index (χ2v) is 7.39. The summed E-state index contributed by atoms with van der Waals surface area (Å²) in [4.78, 5) is 23.4. The highest BCUT2D eigenvalue weighted by atomic mass is 32.1. The number of para-hydroxylation sites is 1. The summed E-state index contributed by atoms with van der Waals surface area (Å²) in [5, 5.41) is 2.06. The molecular formula is C20H22N4O2S. The van der Waals surface area contributed by atoms with Crippen molar-refractivity contribution in [1.29, 1.82) is 0 Å². The average Bonchev–Trinajstić information content (AvgIpc) is 3.39. The van der Waals surface area contributed by atoms with E-state index in [2.05, 4.69) is 19.9 Å². The molecule has 0 bridgehead atoms. The van der Waals surface area contributed by atoms with E-state index in [9.17, 15) is 4.79 Å². The number of thiazole rings is 1. The van der Waals surface area contributed by atoms with Gasteiger partial charge in [-0.05, 0) is 25.0 Å². The first-order chi connectivity index (χ1) is 13.3. The predicted molar refractivity (Wildman–Crippen MR) is 104 cm³/mol. The maximum Gasteiger partial charge on any atom is 0.260 e. The third-order valence-corrected chi connectivity index (χ3v) is 5.44. The van der Waals surface area contributed by atoms with Crippen molar-refractivity contribution >= 4 is 17.2 Å². The number of carbonyl (C=O) groups is 1. The van der Waals surface area contributed by atoms with Gasteiger partial charge in [-0.3, -0.25) is 4.79 Å². The van der Waals surface area contributed by atoms with Gasteiger partial charge >= 0.3 is 0 Å². The molecule has 0 unspecified atom stereocenters. The molecular weight excluding hydrogens is 360 g/mol. The van der Waals surface area contributed by atoms with Crippen molar-refractivity contribution in [3.63, 3.8) is 0 Å². The van der Waals surface area contributed by atoms with Gasteiger partial charge in [0.15, 0.2) is 6.61 Å². The van der Waals surface area contributed by atoms with Crippen LogP contribution in [0, 0.1) is 0 Å². The summed E-state index contributed by atoms with van der Waals surface area (Å²) in [6.07, 6.45) is 5.84. The molecule has 1 aromatic carbocycles. The van der Waals surface area contributed by atoms with E-state index in [1.165, 1.54) is 0 Å². The fourth-order valence-corrected chi connectivity index (χ4v) is 4.02. The molecule has 1 atom stereocenters. The second kappa shape index (κ2) is 8.35. The Kier molecular flexibility index (Phi) is 5.48. The van der Waals surface area contributed by atoms with Crippen LogP contribution in [-0.4, -0.2) is 45.0 Å². The van der Waals surface area contributed by atoms with Gasteiger partial charge in [-0.25, -0.2) is 9.97 Å². The van der Waals surface area contributed by atoms with Crippen LogP contribution in [0.25, 0.3) is 0 Å².